The van der Waals surface area contributed by atoms with E-state index in [1.165, 1.54) is 6.07 Å². The summed E-state index contributed by atoms with van der Waals surface area (Å²) in [5.41, 5.74) is 5.83. The van der Waals surface area contributed by atoms with Gasteiger partial charge in [-0.3, -0.25) is 0 Å². The van der Waals surface area contributed by atoms with Crippen molar-refractivity contribution in [2.75, 3.05) is 5.73 Å². The van der Waals surface area contributed by atoms with Crippen LogP contribution in [0.25, 0.3) is 11.0 Å². The Morgan fingerprint density at radius 2 is 2.07 bits per heavy atom. The van der Waals surface area contributed by atoms with Crippen LogP contribution in [0.1, 0.15) is 0 Å². The van der Waals surface area contributed by atoms with Crippen LogP contribution in [0.15, 0.2) is 31.9 Å². The lowest BCUT2D eigenvalue weighted by atomic mass is 10.2. The molecule has 0 aliphatic carbocycles. The van der Waals surface area contributed by atoms with Crippen LogP contribution in [-0.4, -0.2) is 0 Å². The molecule has 0 spiro atoms. The number of nitrogens with two attached hydrogens (primary N) is 1. The van der Waals surface area contributed by atoms with E-state index in [0.717, 1.165) is 4.47 Å². The molecule has 1 aromatic carbocycles. The molecule has 3 nitrogen and oxygen atoms in total. The molecule has 0 amide bonds. The molecule has 2 aromatic rings. The number of fused-ring (bicyclic) bond motifs is 1. The van der Waals surface area contributed by atoms with Crippen molar-refractivity contribution in [3.63, 3.8) is 0 Å². The van der Waals surface area contributed by atoms with Crippen LogP contribution in [0.2, 0.25) is 5.02 Å². The van der Waals surface area contributed by atoms with Crippen molar-refractivity contribution in [1.29, 1.82) is 0 Å². The van der Waals surface area contributed by atoms with Gasteiger partial charge in [0, 0.05) is 21.6 Å². The average Bonchev–Trinajstić information content (AvgIpc) is 2.07. The van der Waals surface area contributed by atoms with E-state index in [4.69, 9.17) is 21.8 Å². The summed E-state index contributed by atoms with van der Waals surface area (Å²) in [5, 5.41) is 0.989. The third-order valence-corrected chi connectivity index (χ3v) is 2.53. The Balaban J connectivity index is 3.01. The molecule has 2 N–H and O–H groups in total. The average molecular weight is 275 g/mol. The zero-order chi connectivity index (χ0) is 10.3. The molecule has 72 valence electrons. The highest BCUT2D eigenvalue weighted by molar-refractivity contribution is 9.10. The molecule has 1 heterocycles. The van der Waals surface area contributed by atoms with E-state index in [9.17, 15) is 4.79 Å². The number of rotatable bonds is 0. The molecule has 2 rings (SSSR count). The van der Waals surface area contributed by atoms with E-state index in [-0.39, 0.29) is 0 Å². The molecule has 14 heavy (non-hydrogen) atoms. The second-order valence-electron chi connectivity index (χ2n) is 2.79. The van der Waals surface area contributed by atoms with Gasteiger partial charge in [0.05, 0.1) is 5.02 Å². The first kappa shape index (κ1) is 9.55. The molecular formula is C9H5BrClNO2. The molecule has 1 aromatic heterocycles. The SMILES string of the molecule is Nc1cc(=O)oc2c(Cl)cc(Br)cc12. The molecule has 0 aliphatic heterocycles. The minimum atomic E-state index is -0.501. The highest BCUT2D eigenvalue weighted by atomic mass is 79.9. The summed E-state index contributed by atoms with van der Waals surface area (Å²) in [6.07, 6.45) is 0. The van der Waals surface area contributed by atoms with Crippen LogP contribution in [0.5, 0.6) is 0 Å². The van der Waals surface area contributed by atoms with Gasteiger partial charge in [0.1, 0.15) is 0 Å². The summed E-state index contributed by atoms with van der Waals surface area (Å²) in [6.45, 7) is 0. The molecule has 0 bridgehead atoms. The molecular weight excluding hydrogens is 269 g/mol. The van der Waals surface area contributed by atoms with Gasteiger partial charge >= 0.3 is 5.63 Å². The quantitative estimate of drug-likeness (QED) is 0.752. The van der Waals surface area contributed by atoms with Crippen molar-refractivity contribution in [2.24, 2.45) is 0 Å². The lowest BCUT2D eigenvalue weighted by molar-refractivity contribution is 0.562. The maximum absolute atomic E-state index is 11.0. The third kappa shape index (κ3) is 1.51. The first-order chi connectivity index (χ1) is 6.58. The minimum Gasteiger partial charge on any atom is -0.421 e. The summed E-state index contributed by atoms with van der Waals surface area (Å²) in [4.78, 5) is 11.0. The monoisotopic (exact) mass is 273 g/mol. The Hall–Kier alpha value is -1.000. The Morgan fingerprint density at radius 3 is 2.79 bits per heavy atom. The number of hydrogen-bond donors (Lipinski definition) is 1. The number of hydrogen-bond acceptors (Lipinski definition) is 3. The molecule has 0 unspecified atom stereocenters. The van der Waals surface area contributed by atoms with Gasteiger partial charge in [0.15, 0.2) is 5.58 Å². The number of nitrogen functional groups attached to an aromatic ring is 1. The topological polar surface area (TPSA) is 56.2 Å². The molecule has 5 heteroatoms. The fourth-order valence-corrected chi connectivity index (χ4v) is 2.06. The molecule has 0 atom stereocenters. The van der Waals surface area contributed by atoms with Gasteiger partial charge in [0.2, 0.25) is 0 Å². The zero-order valence-electron chi connectivity index (χ0n) is 6.88. The predicted molar refractivity (Wildman–Crippen MR) is 59.6 cm³/mol. The van der Waals surface area contributed by atoms with Gasteiger partial charge in [-0.15, -0.1) is 0 Å². The Labute approximate surface area is 92.6 Å². The van der Waals surface area contributed by atoms with E-state index in [1.807, 2.05) is 0 Å². The molecule has 0 radical (unpaired) electrons. The first-order valence-corrected chi connectivity index (χ1v) is 4.93. The van der Waals surface area contributed by atoms with Crippen molar-refractivity contribution < 1.29 is 4.42 Å². The maximum atomic E-state index is 11.0. The molecule has 0 saturated heterocycles. The summed E-state index contributed by atoms with van der Waals surface area (Å²) in [6, 6.07) is 4.62. The van der Waals surface area contributed by atoms with E-state index in [0.29, 0.717) is 21.7 Å². The third-order valence-electron chi connectivity index (χ3n) is 1.80. The summed E-state index contributed by atoms with van der Waals surface area (Å²) in [7, 11) is 0. The van der Waals surface area contributed by atoms with Crippen LogP contribution < -0.4 is 11.4 Å². The fourth-order valence-electron chi connectivity index (χ4n) is 1.21. The van der Waals surface area contributed by atoms with E-state index < -0.39 is 5.63 Å². The van der Waals surface area contributed by atoms with Crippen LogP contribution in [-0.2, 0) is 0 Å². The molecule has 0 saturated carbocycles. The van der Waals surface area contributed by atoms with E-state index in [1.54, 1.807) is 12.1 Å². The summed E-state index contributed by atoms with van der Waals surface area (Å²) in [5.74, 6) is 0. The highest BCUT2D eigenvalue weighted by Crippen LogP contribution is 2.29. The lowest BCUT2D eigenvalue weighted by Gasteiger charge is -2.02. The van der Waals surface area contributed by atoms with Crippen LogP contribution in [0.4, 0.5) is 5.69 Å². The van der Waals surface area contributed by atoms with Gasteiger partial charge in [-0.2, -0.15) is 0 Å². The van der Waals surface area contributed by atoms with Gasteiger partial charge in [-0.25, -0.2) is 4.79 Å². The number of benzene rings is 1. The molecule has 0 fully saturated rings. The maximum Gasteiger partial charge on any atom is 0.338 e. The lowest BCUT2D eigenvalue weighted by Crippen LogP contribution is -2.00. The Bertz CT molecular complexity index is 564. The zero-order valence-corrected chi connectivity index (χ0v) is 9.22. The van der Waals surface area contributed by atoms with Crippen LogP contribution in [0.3, 0.4) is 0 Å². The van der Waals surface area contributed by atoms with Gasteiger partial charge in [-0.1, -0.05) is 27.5 Å². The van der Waals surface area contributed by atoms with Crippen molar-refractivity contribution in [1.82, 2.24) is 0 Å². The largest absolute Gasteiger partial charge is 0.421 e. The predicted octanol–water partition coefficient (Wildman–Crippen LogP) is 2.79. The van der Waals surface area contributed by atoms with Gasteiger partial charge in [0.25, 0.3) is 0 Å². The second kappa shape index (κ2) is 3.29. The van der Waals surface area contributed by atoms with Gasteiger partial charge in [-0.05, 0) is 12.1 Å². The first-order valence-electron chi connectivity index (χ1n) is 3.76. The van der Waals surface area contributed by atoms with Crippen LogP contribution >= 0.6 is 27.5 Å². The highest BCUT2D eigenvalue weighted by Gasteiger charge is 2.07. The normalized spacial score (nSPS) is 10.7. The number of halogens is 2. The van der Waals surface area contributed by atoms with Crippen molar-refractivity contribution in [3.05, 3.63) is 38.1 Å². The summed E-state index contributed by atoms with van der Waals surface area (Å²) < 4.78 is 5.73. The fraction of sp³-hybridized carbons (Fsp3) is 0. The van der Waals surface area contributed by atoms with Crippen LogP contribution in [0, 0.1) is 0 Å². The Morgan fingerprint density at radius 1 is 1.36 bits per heavy atom. The van der Waals surface area contributed by atoms with Crippen molar-refractivity contribution >= 4 is 44.2 Å². The Kier molecular flexibility index (Phi) is 2.25. The van der Waals surface area contributed by atoms with Crippen molar-refractivity contribution in [2.45, 2.75) is 0 Å². The second-order valence-corrected chi connectivity index (χ2v) is 4.11. The number of anilines is 1. The van der Waals surface area contributed by atoms with Gasteiger partial charge < -0.3 is 10.2 Å². The van der Waals surface area contributed by atoms with E-state index in [2.05, 4.69) is 15.9 Å². The summed E-state index contributed by atoms with van der Waals surface area (Å²) >= 11 is 9.16. The van der Waals surface area contributed by atoms with E-state index >= 15 is 0 Å². The van der Waals surface area contributed by atoms with Crippen molar-refractivity contribution in [3.8, 4) is 0 Å². The standard InChI is InChI=1S/C9H5BrClNO2/c10-4-1-5-7(12)3-8(13)14-9(5)6(11)2-4/h1-3H,12H2. The minimum absolute atomic E-state index is 0.319. The molecule has 0 aliphatic rings. The smallest absolute Gasteiger partial charge is 0.338 e.